The van der Waals surface area contributed by atoms with Crippen LogP contribution in [0.5, 0.6) is 0 Å². The molecule has 0 saturated carbocycles. The first-order valence-electron chi connectivity index (χ1n) is 7.42. The predicted octanol–water partition coefficient (Wildman–Crippen LogP) is 6.38. The Labute approximate surface area is 122 Å². The highest BCUT2D eigenvalue weighted by Gasteiger charge is 2.16. The van der Waals surface area contributed by atoms with E-state index in [9.17, 15) is 0 Å². The van der Waals surface area contributed by atoms with Crippen molar-refractivity contribution in [2.24, 2.45) is 5.41 Å². The van der Waals surface area contributed by atoms with Gasteiger partial charge in [0, 0.05) is 0 Å². The number of ether oxygens (including phenoxy) is 1. The lowest BCUT2D eigenvalue weighted by Crippen LogP contribution is -2.26. The summed E-state index contributed by atoms with van der Waals surface area (Å²) < 4.78 is 5.93. The lowest BCUT2D eigenvalue weighted by Gasteiger charge is -2.26. The Bertz CT molecular complexity index is 221. The zero-order chi connectivity index (χ0) is 14.2. The van der Waals surface area contributed by atoms with Gasteiger partial charge in [-0.2, -0.15) is 0 Å². The first-order valence-corrected chi connectivity index (χ1v) is 7.42. The van der Waals surface area contributed by atoms with E-state index in [4.69, 9.17) is 4.74 Å². The van der Waals surface area contributed by atoms with Gasteiger partial charge in [0.15, 0.2) is 0 Å². The maximum atomic E-state index is 5.93. The fraction of sp³-hybridized carbons (Fsp3) is 0.889. The van der Waals surface area contributed by atoms with Crippen LogP contribution in [0.1, 0.15) is 88.0 Å². The molecule has 1 rings (SSSR count). The van der Waals surface area contributed by atoms with Crippen molar-refractivity contribution in [2.45, 2.75) is 99.7 Å². The summed E-state index contributed by atoms with van der Waals surface area (Å²) in [4.78, 5) is 0. The maximum absolute atomic E-state index is 5.93. The summed E-state index contributed by atoms with van der Waals surface area (Å²) in [7, 11) is 0. The first-order chi connectivity index (χ1) is 8.08. The van der Waals surface area contributed by atoms with Crippen LogP contribution in [0.15, 0.2) is 12.2 Å². The number of rotatable bonds is 1. The second-order valence-corrected chi connectivity index (χ2v) is 7.83. The molecule has 1 aliphatic carbocycles. The lowest BCUT2D eigenvalue weighted by molar-refractivity contribution is -0.0421. The van der Waals surface area contributed by atoms with Crippen LogP contribution in [0.25, 0.3) is 0 Å². The fourth-order valence-corrected chi connectivity index (χ4v) is 1.68. The second-order valence-electron chi connectivity index (χ2n) is 7.83. The number of hydrogen-bond donors (Lipinski definition) is 0. The van der Waals surface area contributed by atoms with Crippen molar-refractivity contribution in [2.75, 3.05) is 0 Å². The molecule has 0 radical (unpaired) electrons. The highest BCUT2D eigenvalue weighted by Crippen LogP contribution is 2.19. The fourth-order valence-electron chi connectivity index (χ4n) is 1.68. The molecular formula is C18H38O. The molecule has 1 atom stereocenters. The number of hydrogen-bond acceptors (Lipinski definition) is 1. The topological polar surface area (TPSA) is 9.23 Å². The molecule has 0 aromatic rings. The molecule has 0 bridgehead atoms. The van der Waals surface area contributed by atoms with Gasteiger partial charge >= 0.3 is 0 Å². The lowest BCUT2D eigenvalue weighted by atomic mass is 10.0. The van der Waals surface area contributed by atoms with Crippen molar-refractivity contribution in [3.8, 4) is 0 Å². The van der Waals surface area contributed by atoms with Crippen molar-refractivity contribution in [3.63, 3.8) is 0 Å². The van der Waals surface area contributed by atoms with Gasteiger partial charge in [-0.1, -0.05) is 60.1 Å². The summed E-state index contributed by atoms with van der Waals surface area (Å²) in [6.07, 6.45) is 11.3. The van der Waals surface area contributed by atoms with Gasteiger partial charge in [0.1, 0.15) is 0 Å². The van der Waals surface area contributed by atoms with Crippen LogP contribution in [0, 0.1) is 5.41 Å². The molecule has 0 aromatic carbocycles. The van der Waals surface area contributed by atoms with Crippen LogP contribution in [0.2, 0.25) is 0 Å². The van der Waals surface area contributed by atoms with E-state index in [1.54, 1.807) is 0 Å². The van der Waals surface area contributed by atoms with Gasteiger partial charge in [-0.15, -0.1) is 0 Å². The van der Waals surface area contributed by atoms with Crippen molar-refractivity contribution >= 4 is 0 Å². The van der Waals surface area contributed by atoms with Crippen molar-refractivity contribution < 1.29 is 4.74 Å². The summed E-state index contributed by atoms with van der Waals surface area (Å²) in [6, 6.07) is 0. The summed E-state index contributed by atoms with van der Waals surface area (Å²) >= 11 is 0. The van der Waals surface area contributed by atoms with Crippen LogP contribution >= 0.6 is 0 Å². The monoisotopic (exact) mass is 270 g/mol. The Kier molecular flexibility index (Phi) is 10.6. The van der Waals surface area contributed by atoms with Gasteiger partial charge in [-0.25, -0.2) is 0 Å². The average Bonchev–Trinajstić information content (AvgIpc) is 2.04. The van der Waals surface area contributed by atoms with Crippen molar-refractivity contribution in [3.05, 3.63) is 12.2 Å². The van der Waals surface area contributed by atoms with Gasteiger partial charge in [-0.3, -0.25) is 0 Å². The van der Waals surface area contributed by atoms with Crippen LogP contribution in [-0.2, 0) is 4.74 Å². The third kappa shape index (κ3) is 20.2. The van der Waals surface area contributed by atoms with E-state index in [1.165, 1.54) is 32.1 Å². The van der Waals surface area contributed by atoms with E-state index in [1.807, 2.05) is 0 Å². The molecule has 0 aromatic heterocycles. The molecule has 1 nitrogen and oxygen atoms in total. The smallest absolute Gasteiger partial charge is 0.0762 e. The molecular weight excluding hydrogens is 232 g/mol. The minimum Gasteiger partial charge on any atom is -0.369 e. The zero-order valence-corrected chi connectivity index (χ0v) is 13.7. The quantitative estimate of drug-likeness (QED) is 0.502. The summed E-state index contributed by atoms with van der Waals surface area (Å²) in [6.45, 7) is 15.1. The molecule has 1 unspecified atom stereocenters. The van der Waals surface area contributed by atoms with E-state index in [-0.39, 0.29) is 13.0 Å². The zero-order valence-electron chi connectivity index (χ0n) is 13.7. The van der Waals surface area contributed by atoms with E-state index >= 15 is 0 Å². The Balaban J connectivity index is 0. The summed E-state index contributed by atoms with van der Waals surface area (Å²) in [5.74, 6) is 0. The Morgan fingerprint density at radius 1 is 0.895 bits per heavy atom. The van der Waals surface area contributed by atoms with Gasteiger partial charge in [0.05, 0.1) is 11.7 Å². The molecule has 0 amide bonds. The summed E-state index contributed by atoms with van der Waals surface area (Å²) in [5, 5.41) is 0. The largest absolute Gasteiger partial charge is 0.369 e. The standard InChI is InChI=1S/C12H22O.C5H12.CH4/c1-12(2,3)13-11-9-7-5-4-6-8-10-11;1-5(2,3)4;/h7,9,11H,4-6,8,10H2,1-3H3;1-4H3;1H4/b9-7+;;. The van der Waals surface area contributed by atoms with Crippen LogP contribution in [-0.4, -0.2) is 11.7 Å². The Morgan fingerprint density at radius 3 is 1.89 bits per heavy atom. The van der Waals surface area contributed by atoms with E-state index in [0.29, 0.717) is 11.5 Å². The van der Waals surface area contributed by atoms with E-state index in [0.717, 1.165) is 0 Å². The van der Waals surface area contributed by atoms with Gasteiger partial charge in [-0.05, 0) is 45.4 Å². The Morgan fingerprint density at radius 2 is 1.42 bits per heavy atom. The summed E-state index contributed by atoms with van der Waals surface area (Å²) in [5.41, 5.74) is 0.494. The van der Waals surface area contributed by atoms with Gasteiger partial charge < -0.3 is 4.74 Å². The molecule has 0 N–H and O–H groups in total. The van der Waals surface area contributed by atoms with Crippen LogP contribution in [0.4, 0.5) is 0 Å². The predicted molar refractivity (Wildman–Crippen MR) is 88.7 cm³/mol. The normalized spacial score (nSPS) is 22.2. The highest BCUT2D eigenvalue weighted by atomic mass is 16.5. The maximum Gasteiger partial charge on any atom is 0.0762 e. The van der Waals surface area contributed by atoms with Gasteiger partial charge in [0.25, 0.3) is 0 Å². The molecule has 1 heteroatoms. The molecule has 0 heterocycles. The van der Waals surface area contributed by atoms with Crippen molar-refractivity contribution in [1.29, 1.82) is 0 Å². The van der Waals surface area contributed by atoms with E-state index in [2.05, 4.69) is 60.6 Å². The molecule has 0 aliphatic heterocycles. The minimum atomic E-state index is -0.00575. The molecule has 0 spiro atoms. The van der Waals surface area contributed by atoms with Crippen molar-refractivity contribution in [1.82, 2.24) is 0 Å². The molecule has 116 valence electrons. The average molecular weight is 271 g/mol. The highest BCUT2D eigenvalue weighted by molar-refractivity contribution is 4.92. The SMILES string of the molecule is C.CC(C)(C)C.CC(C)(C)OC1/C=C/CCCCC1. The minimum absolute atomic E-state index is 0. The van der Waals surface area contributed by atoms with Gasteiger partial charge in [0.2, 0.25) is 0 Å². The third-order valence-corrected chi connectivity index (χ3v) is 2.22. The first kappa shape index (κ1) is 21.0. The third-order valence-electron chi connectivity index (χ3n) is 2.22. The molecule has 0 fully saturated rings. The Hall–Kier alpha value is -0.300. The number of allylic oxidation sites excluding steroid dienone is 1. The molecule has 1 aliphatic rings. The van der Waals surface area contributed by atoms with E-state index < -0.39 is 0 Å². The molecule has 19 heavy (non-hydrogen) atoms. The second kappa shape index (κ2) is 9.58. The van der Waals surface area contributed by atoms with Crippen LogP contribution in [0.3, 0.4) is 0 Å². The molecule has 0 saturated heterocycles. The van der Waals surface area contributed by atoms with Crippen LogP contribution < -0.4 is 0 Å².